The zero-order valence-corrected chi connectivity index (χ0v) is 34.2. The number of esters is 1. The molecule has 0 rings (SSSR count). The van der Waals surface area contributed by atoms with Gasteiger partial charge in [-0.05, 0) is 56.8 Å². The molecule has 12 nitrogen and oxygen atoms in total. The van der Waals surface area contributed by atoms with Crippen LogP contribution in [0.25, 0.3) is 0 Å². The summed E-state index contributed by atoms with van der Waals surface area (Å²) in [6.07, 6.45) is 1.85. The number of ketones is 1. The minimum atomic E-state index is -1.14. The summed E-state index contributed by atoms with van der Waals surface area (Å²) in [7, 11) is 0. The minimum absolute atomic E-state index is 0.0178. The molecule has 0 aliphatic rings. The summed E-state index contributed by atoms with van der Waals surface area (Å²) in [5.41, 5.74) is 4.47. The number of likely N-dealkylation sites (N-methyl/N-ethyl adjacent to an activating group) is 1. The van der Waals surface area contributed by atoms with E-state index >= 15 is 0 Å². The molecule has 0 saturated heterocycles. The number of nitrogens with zero attached hydrogens (tertiary/aromatic N) is 1. The van der Waals surface area contributed by atoms with Crippen LogP contribution in [-0.4, -0.2) is 77.7 Å². The number of hydrogen-bond donors (Lipinski definition) is 4. The second kappa shape index (κ2) is 28.6. The molecular formula is C37H75N5O7. The molecule has 0 aromatic heterocycles. The number of urea groups is 1. The average Bonchev–Trinajstić information content (AvgIpc) is 2.98. The predicted molar refractivity (Wildman–Crippen MR) is 200 cm³/mol. The summed E-state index contributed by atoms with van der Waals surface area (Å²) in [5, 5.41) is 7.75. The van der Waals surface area contributed by atoms with Crippen molar-refractivity contribution in [3.63, 3.8) is 0 Å². The van der Waals surface area contributed by atoms with Crippen LogP contribution in [0.15, 0.2) is 0 Å². The Morgan fingerprint density at radius 2 is 1.29 bits per heavy atom. The second-order valence-corrected chi connectivity index (χ2v) is 14.1. The molecule has 49 heavy (non-hydrogen) atoms. The molecule has 0 radical (unpaired) electrons. The van der Waals surface area contributed by atoms with E-state index in [1.807, 2.05) is 55.4 Å². The first-order valence-electron chi connectivity index (χ1n) is 18.3. The van der Waals surface area contributed by atoms with Gasteiger partial charge in [0.1, 0.15) is 18.6 Å². The smallest absolute Gasteiger partial charge is 0.325 e. The highest BCUT2D eigenvalue weighted by Crippen LogP contribution is 2.25. The molecule has 3 unspecified atom stereocenters. The number of ether oxygens (including phenoxy) is 1. The minimum Gasteiger partial charge on any atom is -0.462 e. The Kier molecular flexibility index (Phi) is 30.8. The van der Waals surface area contributed by atoms with E-state index in [1.54, 1.807) is 41.5 Å². The van der Waals surface area contributed by atoms with Gasteiger partial charge < -0.3 is 31.3 Å². The maximum atomic E-state index is 14.0. The molecule has 0 heterocycles. The summed E-state index contributed by atoms with van der Waals surface area (Å²) < 4.78 is 5.02. The number of nitrogens with two attached hydrogens (primary N) is 1. The van der Waals surface area contributed by atoms with Gasteiger partial charge in [-0.25, -0.2) is 4.79 Å². The first-order valence-corrected chi connectivity index (χ1v) is 18.3. The fourth-order valence-electron chi connectivity index (χ4n) is 4.49. The third-order valence-electron chi connectivity index (χ3n) is 6.44. The molecule has 0 fully saturated rings. The largest absolute Gasteiger partial charge is 0.462 e. The van der Waals surface area contributed by atoms with Crippen LogP contribution in [-0.2, 0) is 28.7 Å². The van der Waals surface area contributed by atoms with E-state index in [9.17, 15) is 28.8 Å². The van der Waals surface area contributed by atoms with E-state index in [1.165, 1.54) is 4.90 Å². The van der Waals surface area contributed by atoms with Gasteiger partial charge in [-0.1, -0.05) is 110 Å². The zero-order chi connectivity index (χ0) is 39.7. The van der Waals surface area contributed by atoms with Crippen LogP contribution >= 0.6 is 0 Å². The van der Waals surface area contributed by atoms with Gasteiger partial charge in [-0.15, -0.1) is 0 Å². The quantitative estimate of drug-likeness (QED) is 0.106. The Balaban J connectivity index is -0.00000115. The van der Waals surface area contributed by atoms with Crippen LogP contribution in [0.2, 0.25) is 0 Å². The van der Waals surface area contributed by atoms with E-state index in [0.717, 1.165) is 18.8 Å². The summed E-state index contributed by atoms with van der Waals surface area (Å²) in [6, 6.07) is -3.88. The van der Waals surface area contributed by atoms with Gasteiger partial charge in [0, 0.05) is 6.54 Å². The van der Waals surface area contributed by atoms with Crippen molar-refractivity contribution in [2.45, 2.75) is 168 Å². The lowest BCUT2D eigenvalue weighted by Gasteiger charge is -2.38. The van der Waals surface area contributed by atoms with Crippen LogP contribution in [0.5, 0.6) is 0 Å². The average molecular weight is 702 g/mol. The van der Waals surface area contributed by atoms with Crippen LogP contribution in [0.3, 0.4) is 0 Å². The van der Waals surface area contributed by atoms with E-state index < -0.39 is 59.0 Å². The summed E-state index contributed by atoms with van der Waals surface area (Å²) in [6.45, 7) is 32.4. The topological polar surface area (TPSA) is 177 Å². The van der Waals surface area contributed by atoms with E-state index in [0.29, 0.717) is 6.42 Å². The van der Waals surface area contributed by atoms with Crippen molar-refractivity contribution in [3.8, 4) is 0 Å². The van der Waals surface area contributed by atoms with Crippen molar-refractivity contribution < 1.29 is 33.5 Å². The predicted octanol–water partition coefficient (Wildman–Crippen LogP) is 6.00. The number of primary amides is 1. The number of rotatable bonds is 17. The van der Waals surface area contributed by atoms with Crippen molar-refractivity contribution in [1.29, 1.82) is 0 Å². The van der Waals surface area contributed by atoms with Crippen molar-refractivity contribution in [2.75, 3.05) is 13.1 Å². The lowest BCUT2D eigenvalue weighted by molar-refractivity contribution is -0.146. The van der Waals surface area contributed by atoms with Crippen LogP contribution in [0.4, 0.5) is 4.79 Å². The van der Waals surface area contributed by atoms with Crippen LogP contribution in [0.1, 0.15) is 143 Å². The van der Waals surface area contributed by atoms with Gasteiger partial charge in [0.25, 0.3) is 5.91 Å². The number of Topliss-reactive ketones (excluding diaryl/α,β-unsaturated/α-hetero) is 1. The van der Waals surface area contributed by atoms with Gasteiger partial charge in [0.05, 0.1) is 12.1 Å². The molecule has 5 N–H and O–H groups in total. The molecule has 0 saturated carbocycles. The van der Waals surface area contributed by atoms with Crippen molar-refractivity contribution in [2.24, 2.45) is 28.9 Å². The third-order valence-corrected chi connectivity index (χ3v) is 6.44. The van der Waals surface area contributed by atoms with E-state index in [2.05, 4.69) is 36.7 Å². The van der Waals surface area contributed by atoms with Crippen molar-refractivity contribution in [1.82, 2.24) is 20.9 Å². The van der Waals surface area contributed by atoms with E-state index in [-0.39, 0.29) is 37.5 Å². The number of carbonyl (C=O) groups is 6. The fourth-order valence-corrected chi connectivity index (χ4v) is 4.49. The highest BCUT2D eigenvalue weighted by molar-refractivity contribution is 6.37. The van der Waals surface area contributed by atoms with Gasteiger partial charge in [-0.2, -0.15) is 0 Å². The van der Waals surface area contributed by atoms with Crippen LogP contribution < -0.4 is 21.7 Å². The number of nitrogens with one attached hydrogen (secondary N) is 3. The molecule has 4 atom stereocenters. The maximum absolute atomic E-state index is 14.0. The first kappa shape index (κ1) is 52.6. The summed E-state index contributed by atoms with van der Waals surface area (Å²) in [4.78, 5) is 77.8. The van der Waals surface area contributed by atoms with Gasteiger partial charge in [-0.3, -0.25) is 24.0 Å². The Bertz CT molecular complexity index is 959. The Morgan fingerprint density at radius 1 is 0.796 bits per heavy atom. The molecule has 12 heteroatoms. The van der Waals surface area contributed by atoms with Crippen molar-refractivity contribution in [3.05, 3.63) is 0 Å². The molecular weight excluding hydrogens is 626 g/mol. The first-order chi connectivity index (χ1) is 22.6. The Morgan fingerprint density at radius 3 is 1.65 bits per heavy atom. The number of amides is 5. The third kappa shape index (κ3) is 25.5. The Hall–Kier alpha value is -3.18. The highest BCUT2D eigenvalue weighted by atomic mass is 16.5. The summed E-state index contributed by atoms with van der Waals surface area (Å²) >= 11 is 0. The van der Waals surface area contributed by atoms with Gasteiger partial charge in [0.15, 0.2) is 0 Å². The molecule has 0 spiro atoms. The molecule has 0 bridgehead atoms. The molecule has 0 aromatic carbocycles. The lowest BCUT2D eigenvalue weighted by atomic mass is 9.85. The fraction of sp³-hybridized carbons (Fsp3) is 0.838. The summed E-state index contributed by atoms with van der Waals surface area (Å²) in [5.74, 6) is -2.85. The highest BCUT2D eigenvalue weighted by Gasteiger charge is 2.40. The number of hydrogen-bond acceptors (Lipinski definition) is 7. The molecule has 0 aromatic rings. The molecule has 0 aliphatic carbocycles. The normalized spacial score (nSPS) is 13.1. The maximum Gasteiger partial charge on any atom is 0.325 e. The van der Waals surface area contributed by atoms with Crippen molar-refractivity contribution >= 4 is 35.5 Å². The van der Waals surface area contributed by atoms with Gasteiger partial charge >= 0.3 is 12.0 Å². The zero-order valence-electron chi connectivity index (χ0n) is 34.2. The molecule has 0 aliphatic heterocycles. The van der Waals surface area contributed by atoms with Gasteiger partial charge in [0.2, 0.25) is 17.6 Å². The molecule has 290 valence electrons. The van der Waals surface area contributed by atoms with E-state index in [4.69, 9.17) is 10.5 Å². The second-order valence-electron chi connectivity index (χ2n) is 14.1. The standard InChI is InChI=1S/C29H53N5O7.C4H10.2C2H6/c1-11-13-19(7)15-21(26(38)32-20(14-17(3)4)23(36)25(30)37)34(12-2)27(39)24(29(8,9)10)33-28(40)31-16-22(35)41-18(5)6;1-4(2)3;2*1-2/h17-21,24H,11-16H2,1-10H3,(H2,30,37)(H,32,38)(H2,31,33,40);4H,1-3H3;2*1-2H3/t19-,20?,21?,24?;;;/m1.../s1. The SMILES string of the molecule is CC.CC.CC(C)C.CCC[C@@H](C)CC(C(=O)NC(CC(C)C)C(=O)C(N)=O)N(CC)C(=O)C(NC(=O)NCC(=O)OC(C)C)C(C)(C)C. The molecule has 5 amide bonds. The Labute approximate surface area is 299 Å². The van der Waals surface area contributed by atoms with Crippen LogP contribution in [0, 0.1) is 23.2 Å². The lowest BCUT2D eigenvalue weighted by Crippen LogP contribution is -2.61. The number of carbonyl (C=O) groups excluding carboxylic acids is 6. The monoisotopic (exact) mass is 702 g/mol.